The van der Waals surface area contributed by atoms with E-state index >= 15 is 0 Å². The molecule has 28 heavy (non-hydrogen) atoms. The summed E-state index contributed by atoms with van der Waals surface area (Å²) in [4.78, 5) is 8.71. The summed E-state index contributed by atoms with van der Waals surface area (Å²) in [5.41, 5.74) is 1.00. The average Bonchev–Trinajstić information content (AvgIpc) is 3.14. The van der Waals surface area contributed by atoms with E-state index in [0.29, 0.717) is 57.8 Å². The fourth-order valence-corrected chi connectivity index (χ4v) is 4.67. The number of nitrogens with zero attached hydrogens (tertiary/aromatic N) is 3. The van der Waals surface area contributed by atoms with Crippen molar-refractivity contribution >= 4 is 15.7 Å². The molecule has 0 N–H and O–H groups in total. The Balaban J connectivity index is 1.69. The van der Waals surface area contributed by atoms with Crippen LogP contribution in [0, 0.1) is 6.92 Å². The lowest BCUT2D eigenvalue weighted by Crippen LogP contribution is -2.36. The lowest BCUT2D eigenvalue weighted by molar-refractivity contribution is 0.0306. The van der Waals surface area contributed by atoms with Gasteiger partial charge in [0.05, 0.1) is 37.9 Å². The van der Waals surface area contributed by atoms with Crippen molar-refractivity contribution in [3.63, 3.8) is 0 Å². The van der Waals surface area contributed by atoms with Gasteiger partial charge in [0.25, 0.3) is 0 Å². The minimum absolute atomic E-state index is 0.0125. The zero-order valence-corrected chi connectivity index (χ0v) is 16.8. The highest BCUT2D eigenvalue weighted by atomic mass is 32.2. The van der Waals surface area contributed by atoms with E-state index in [1.165, 1.54) is 0 Å². The fraction of sp³-hybridized carbons (Fsp3) is 0.526. The Hall–Kier alpha value is -1.94. The predicted octanol–water partition coefficient (Wildman–Crippen LogP) is 1.48. The third kappa shape index (κ3) is 4.07. The quantitative estimate of drug-likeness (QED) is 0.737. The van der Waals surface area contributed by atoms with Crippen LogP contribution in [0.3, 0.4) is 0 Å². The molecule has 0 spiro atoms. The van der Waals surface area contributed by atoms with Gasteiger partial charge in [-0.1, -0.05) is 17.7 Å². The van der Waals surface area contributed by atoms with Gasteiger partial charge in [-0.15, -0.1) is 0 Å². The molecule has 2 aliphatic rings. The van der Waals surface area contributed by atoms with Gasteiger partial charge in [-0.05, 0) is 19.1 Å². The Bertz CT molecular complexity index is 898. The van der Waals surface area contributed by atoms with Crippen molar-refractivity contribution in [1.29, 1.82) is 0 Å². The zero-order valence-electron chi connectivity index (χ0n) is 16.0. The van der Waals surface area contributed by atoms with Gasteiger partial charge in [0.15, 0.2) is 0 Å². The Kier molecular flexibility index (Phi) is 5.68. The van der Waals surface area contributed by atoms with Crippen molar-refractivity contribution < 1.29 is 22.3 Å². The maximum absolute atomic E-state index is 13.3. The van der Waals surface area contributed by atoms with Gasteiger partial charge in [0, 0.05) is 26.2 Å². The molecule has 2 aromatic rings. The molecule has 0 atom stereocenters. The van der Waals surface area contributed by atoms with Gasteiger partial charge < -0.3 is 18.8 Å². The molecule has 8 nitrogen and oxygen atoms in total. The summed E-state index contributed by atoms with van der Waals surface area (Å²) < 4.78 is 43.4. The molecule has 152 valence electrons. The standard InChI is InChI=1S/C19H25N3O5S/c1-15-2-4-16(5-3-15)28(23,24)18-19(22-8-12-26-13-9-22)27-17(20-18)14-21-6-10-25-11-7-21/h2-5H,6-14H2,1H3. The second kappa shape index (κ2) is 8.20. The first-order chi connectivity index (χ1) is 13.5. The van der Waals surface area contributed by atoms with Crippen LogP contribution in [-0.2, 0) is 25.9 Å². The molecule has 2 aliphatic heterocycles. The number of anilines is 1. The van der Waals surface area contributed by atoms with Gasteiger partial charge in [0.2, 0.25) is 26.6 Å². The molecule has 1 aromatic heterocycles. The number of hydrogen-bond donors (Lipinski definition) is 0. The first-order valence-corrected chi connectivity index (χ1v) is 11.0. The molecule has 0 saturated carbocycles. The summed E-state index contributed by atoms with van der Waals surface area (Å²) in [5, 5.41) is -0.0125. The second-order valence-corrected chi connectivity index (χ2v) is 8.89. The van der Waals surface area contributed by atoms with Crippen molar-refractivity contribution in [2.75, 3.05) is 57.5 Å². The number of oxazole rings is 1. The molecule has 1 aromatic carbocycles. The van der Waals surface area contributed by atoms with E-state index in [4.69, 9.17) is 13.9 Å². The lowest BCUT2D eigenvalue weighted by Gasteiger charge is -2.27. The van der Waals surface area contributed by atoms with Crippen LogP contribution in [0.25, 0.3) is 0 Å². The number of sulfone groups is 1. The van der Waals surface area contributed by atoms with Crippen LogP contribution in [-0.4, -0.2) is 70.9 Å². The summed E-state index contributed by atoms with van der Waals surface area (Å²) >= 11 is 0. The van der Waals surface area contributed by atoms with Gasteiger partial charge in [-0.25, -0.2) is 8.42 Å². The highest BCUT2D eigenvalue weighted by Gasteiger charge is 2.32. The van der Waals surface area contributed by atoms with Crippen LogP contribution in [0.2, 0.25) is 0 Å². The van der Waals surface area contributed by atoms with E-state index in [0.717, 1.165) is 18.7 Å². The van der Waals surface area contributed by atoms with Gasteiger partial charge in [-0.3, -0.25) is 4.90 Å². The first kappa shape index (κ1) is 19.4. The molecular weight excluding hydrogens is 382 g/mol. The van der Waals surface area contributed by atoms with Crippen LogP contribution in [0.4, 0.5) is 5.88 Å². The number of aromatic nitrogens is 1. The highest BCUT2D eigenvalue weighted by Crippen LogP contribution is 2.32. The smallest absolute Gasteiger partial charge is 0.236 e. The summed E-state index contributed by atoms with van der Waals surface area (Å²) in [5.74, 6) is 0.723. The first-order valence-electron chi connectivity index (χ1n) is 9.48. The fourth-order valence-electron chi connectivity index (χ4n) is 3.33. The maximum Gasteiger partial charge on any atom is 0.236 e. The Morgan fingerprint density at radius 1 is 0.964 bits per heavy atom. The lowest BCUT2D eigenvalue weighted by atomic mass is 10.2. The number of ether oxygens (including phenoxy) is 2. The number of aryl methyl sites for hydroxylation is 1. The van der Waals surface area contributed by atoms with Crippen molar-refractivity contribution in [3.8, 4) is 0 Å². The average molecular weight is 407 g/mol. The minimum Gasteiger partial charge on any atom is -0.422 e. The summed E-state index contributed by atoms with van der Waals surface area (Å²) in [6, 6.07) is 6.81. The Morgan fingerprint density at radius 3 is 2.21 bits per heavy atom. The molecule has 3 heterocycles. The van der Waals surface area contributed by atoms with E-state index in [1.54, 1.807) is 24.3 Å². The summed E-state index contributed by atoms with van der Waals surface area (Å²) in [6.07, 6.45) is 0. The van der Waals surface area contributed by atoms with E-state index in [1.807, 2.05) is 11.8 Å². The van der Waals surface area contributed by atoms with Crippen molar-refractivity contribution in [3.05, 3.63) is 35.7 Å². The minimum atomic E-state index is -3.79. The molecule has 0 unspecified atom stereocenters. The molecule has 4 rings (SSSR count). The molecular formula is C19H25N3O5S. The topological polar surface area (TPSA) is 85.1 Å². The second-order valence-electron chi connectivity index (χ2n) is 7.02. The van der Waals surface area contributed by atoms with Crippen molar-refractivity contribution in [2.24, 2.45) is 0 Å². The summed E-state index contributed by atoms with van der Waals surface area (Å²) in [6.45, 7) is 7.45. The predicted molar refractivity (Wildman–Crippen MR) is 102 cm³/mol. The van der Waals surface area contributed by atoms with Crippen LogP contribution in [0.15, 0.2) is 38.6 Å². The SMILES string of the molecule is Cc1ccc(S(=O)(=O)c2nc(CN3CCOCC3)oc2N2CCOCC2)cc1. The van der Waals surface area contributed by atoms with E-state index in [9.17, 15) is 8.42 Å². The van der Waals surface area contributed by atoms with Crippen LogP contribution in [0.5, 0.6) is 0 Å². The molecule has 0 radical (unpaired) electrons. The van der Waals surface area contributed by atoms with E-state index < -0.39 is 9.84 Å². The third-order valence-electron chi connectivity index (χ3n) is 4.97. The maximum atomic E-state index is 13.3. The van der Waals surface area contributed by atoms with Gasteiger partial charge in [0.1, 0.15) is 0 Å². The summed E-state index contributed by atoms with van der Waals surface area (Å²) in [7, 11) is -3.79. The van der Waals surface area contributed by atoms with Gasteiger partial charge in [-0.2, -0.15) is 4.98 Å². The number of benzene rings is 1. The van der Waals surface area contributed by atoms with E-state index in [2.05, 4.69) is 9.88 Å². The normalized spacial score (nSPS) is 19.1. The largest absolute Gasteiger partial charge is 0.422 e. The molecule has 0 bridgehead atoms. The molecule has 2 saturated heterocycles. The highest BCUT2D eigenvalue weighted by molar-refractivity contribution is 7.91. The van der Waals surface area contributed by atoms with Crippen LogP contribution < -0.4 is 4.90 Å². The van der Waals surface area contributed by atoms with Crippen LogP contribution in [0.1, 0.15) is 11.5 Å². The number of rotatable bonds is 5. The molecule has 0 amide bonds. The monoisotopic (exact) mass is 407 g/mol. The molecule has 0 aliphatic carbocycles. The number of morpholine rings is 2. The van der Waals surface area contributed by atoms with Gasteiger partial charge >= 0.3 is 0 Å². The van der Waals surface area contributed by atoms with Crippen LogP contribution >= 0.6 is 0 Å². The Morgan fingerprint density at radius 2 is 1.57 bits per heavy atom. The number of hydrogen-bond acceptors (Lipinski definition) is 8. The molecule has 2 fully saturated rings. The Labute approximate surface area is 165 Å². The third-order valence-corrected chi connectivity index (χ3v) is 6.64. The van der Waals surface area contributed by atoms with E-state index in [-0.39, 0.29) is 9.92 Å². The van der Waals surface area contributed by atoms with Crippen molar-refractivity contribution in [1.82, 2.24) is 9.88 Å². The van der Waals surface area contributed by atoms with Crippen molar-refractivity contribution in [2.45, 2.75) is 23.4 Å². The molecule has 9 heteroatoms. The zero-order chi connectivity index (χ0) is 19.6.